The van der Waals surface area contributed by atoms with E-state index in [1.54, 1.807) is 12.1 Å². The van der Waals surface area contributed by atoms with E-state index in [9.17, 15) is 9.59 Å². The molecule has 84 valence electrons. The van der Waals surface area contributed by atoms with E-state index in [2.05, 4.69) is 0 Å². The number of primary amides is 1. The maximum atomic E-state index is 11.2. The van der Waals surface area contributed by atoms with Crippen molar-refractivity contribution in [2.75, 3.05) is 0 Å². The maximum Gasteiger partial charge on any atom is 0.221 e. The van der Waals surface area contributed by atoms with Gasteiger partial charge in [0, 0.05) is 12.0 Å². The highest BCUT2D eigenvalue weighted by Crippen LogP contribution is 2.13. The van der Waals surface area contributed by atoms with Gasteiger partial charge in [-0.15, -0.1) is 0 Å². The predicted octanol–water partition coefficient (Wildman–Crippen LogP) is 2.09. The number of aryl methyl sites for hydroxylation is 1. The smallest absolute Gasteiger partial charge is 0.221 e. The Morgan fingerprint density at radius 1 is 1.38 bits per heavy atom. The average molecular weight is 217 g/mol. The first-order chi connectivity index (χ1) is 7.50. The zero-order valence-corrected chi connectivity index (χ0v) is 9.49. The summed E-state index contributed by atoms with van der Waals surface area (Å²) in [6.45, 7) is 3.48. The molecule has 0 heterocycles. The molecule has 0 bridgehead atoms. The third-order valence-corrected chi connectivity index (χ3v) is 2.30. The van der Waals surface area contributed by atoms with Crippen LogP contribution in [0.25, 0.3) is 6.08 Å². The minimum Gasteiger partial charge on any atom is -0.369 e. The number of rotatable bonds is 4. The second-order valence-electron chi connectivity index (χ2n) is 3.70. The van der Waals surface area contributed by atoms with Crippen LogP contribution >= 0.6 is 0 Å². The first kappa shape index (κ1) is 12.2. The fourth-order valence-corrected chi connectivity index (χ4v) is 1.34. The molecule has 0 aliphatic heterocycles. The van der Waals surface area contributed by atoms with Gasteiger partial charge in [-0.2, -0.15) is 0 Å². The number of hydrogen-bond acceptors (Lipinski definition) is 2. The van der Waals surface area contributed by atoms with Gasteiger partial charge in [-0.3, -0.25) is 9.59 Å². The van der Waals surface area contributed by atoms with Gasteiger partial charge in [-0.1, -0.05) is 24.3 Å². The van der Waals surface area contributed by atoms with Gasteiger partial charge >= 0.3 is 0 Å². The summed E-state index contributed by atoms with van der Waals surface area (Å²) < 4.78 is 0. The molecule has 0 aliphatic carbocycles. The summed E-state index contributed by atoms with van der Waals surface area (Å²) in [5.41, 5.74) is 7.70. The third-order valence-electron chi connectivity index (χ3n) is 2.30. The molecule has 0 aliphatic rings. The average Bonchev–Trinajstić information content (AvgIpc) is 2.20. The number of Topliss-reactive ketones (excluding diaryl/α,β-unsaturated/α-hetero) is 1. The molecule has 0 atom stereocenters. The number of ketones is 1. The zero-order chi connectivity index (χ0) is 12.1. The van der Waals surface area contributed by atoms with Gasteiger partial charge in [-0.05, 0) is 31.0 Å². The summed E-state index contributed by atoms with van der Waals surface area (Å²) in [6.07, 6.45) is 3.73. The minimum atomic E-state index is -0.364. The molecule has 3 heteroatoms. The molecule has 0 radical (unpaired) electrons. The summed E-state index contributed by atoms with van der Waals surface area (Å²) in [5.74, 6) is -0.332. The molecular formula is C13H15NO2. The first-order valence-corrected chi connectivity index (χ1v) is 5.07. The first-order valence-electron chi connectivity index (χ1n) is 5.07. The van der Waals surface area contributed by atoms with Gasteiger partial charge in [0.1, 0.15) is 0 Å². The van der Waals surface area contributed by atoms with Crippen molar-refractivity contribution in [1.82, 2.24) is 0 Å². The van der Waals surface area contributed by atoms with Crippen molar-refractivity contribution in [3.05, 3.63) is 41.0 Å². The number of amides is 1. The van der Waals surface area contributed by atoms with Crippen molar-refractivity contribution in [3.8, 4) is 0 Å². The summed E-state index contributed by atoms with van der Waals surface area (Å²) in [5, 5.41) is 0. The van der Waals surface area contributed by atoms with Crippen LogP contribution < -0.4 is 5.73 Å². The van der Waals surface area contributed by atoms with E-state index in [0.717, 1.165) is 11.1 Å². The van der Waals surface area contributed by atoms with E-state index in [-0.39, 0.29) is 18.1 Å². The van der Waals surface area contributed by atoms with Crippen molar-refractivity contribution < 1.29 is 9.59 Å². The van der Waals surface area contributed by atoms with Crippen LogP contribution in [-0.2, 0) is 4.79 Å². The molecule has 1 aromatic carbocycles. The van der Waals surface area contributed by atoms with Gasteiger partial charge in [0.2, 0.25) is 5.91 Å². The van der Waals surface area contributed by atoms with Gasteiger partial charge < -0.3 is 5.73 Å². The lowest BCUT2D eigenvalue weighted by Crippen LogP contribution is -2.07. The highest BCUT2D eigenvalue weighted by Gasteiger charge is 2.01. The molecule has 0 fully saturated rings. The Bertz CT molecular complexity index is 447. The number of hydrogen-bond donors (Lipinski definition) is 1. The Labute approximate surface area is 95.0 Å². The summed E-state index contributed by atoms with van der Waals surface area (Å²) in [7, 11) is 0. The third kappa shape index (κ3) is 3.35. The number of carbonyl (C=O) groups is 2. The Hall–Kier alpha value is -1.90. The van der Waals surface area contributed by atoms with Crippen LogP contribution in [0.2, 0.25) is 0 Å². The second kappa shape index (κ2) is 5.26. The van der Waals surface area contributed by atoms with Crippen LogP contribution in [0.15, 0.2) is 24.3 Å². The molecule has 0 saturated heterocycles. The quantitative estimate of drug-likeness (QED) is 0.785. The van der Waals surface area contributed by atoms with Crippen LogP contribution in [0.4, 0.5) is 0 Å². The van der Waals surface area contributed by atoms with Crippen LogP contribution in [0.1, 0.15) is 34.8 Å². The largest absolute Gasteiger partial charge is 0.369 e. The maximum absolute atomic E-state index is 11.2. The SMILES string of the molecule is CC(=O)c1ccc(C)c(C=CCC(N)=O)c1. The Kier molecular flexibility index (Phi) is 4.00. The van der Waals surface area contributed by atoms with Crippen LogP contribution in [0.3, 0.4) is 0 Å². The fraction of sp³-hybridized carbons (Fsp3) is 0.231. The van der Waals surface area contributed by atoms with Crippen molar-refractivity contribution in [2.24, 2.45) is 5.73 Å². The lowest BCUT2D eigenvalue weighted by molar-refractivity contribution is -0.117. The van der Waals surface area contributed by atoms with Gasteiger partial charge in [0.25, 0.3) is 0 Å². The minimum absolute atomic E-state index is 0.0320. The zero-order valence-electron chi connectivity index (χ0n) is 9.49. The lowest BCUT2D eigenvalue weighted by atomic mass is 10.0. The van der Waals surface area contributed by atoms with Crippen molar-refractivity contribution in [1.29, 1.82) is 0 Å². The normalized spacial score (nSPS) is 10.6. The van der Waals surface area contributed by atoms with Crippen LogP contribution in [0.5, 0.6) is 0 Å². The van der Waals surface area contributed by atoms with Gasteiger partial charge in [0.15, 0.2) is 5.78 Å². The van der Waals surface area contributed by atoms with Crippen LogP contribution in [0, 0.1) is 6.92 Å². The summed E-state index contributed by atoms with van der Waals surface area (Å²) >= 11 is 0. The molecule has 0 spiro atoms. The topological polar surface area (TPSA) is 60.2 Å². The molecule has 1 amide bonds. The number of nitrogens with two attached hydrogens (primary N) is 1. The molecule has 3 nitrogen and oxygen atoms in total. The summed E-state index contributed by atoms with van der Waals surface area (Å²) in [6, 6.07) is 5.50. The monoisotopic (exact) mass is 217 g/mol. The molecule has 1 rings (SSSR count). The molecule has 1 aromatic rings. The molecule has 16 heavy (non-hydrogen) atoms. The van der Waals surface area contributed by atoms with E-state index in [4.69, 9.17) is 5.73 Å². The summed E-state index contributed by atoms with van der Waals surface area (Å²) in [4.78, 5) is 21.8. The Balaban J connectivity index is 2.94. The van der Waals surface area contributed by atoms with Crippen molar-refractivity contribution in [3.63, 3.8) is 0 Å². The van der Waals surface area contributed by atoms with E-state index in [1.807, 2.05) is 25.1 Å². The fourth-order valence-electron chi connectivity index (χ4n) is 1.34. The highest BCUT2D eigenvalue weighted by molar-refractivity contribution is 5.94. The molecule has 0 unspecified atom stereocenters. The van der Waals surface area contributed by atoms with E-state index in [1.165, 1.54) is 6.92 Å². The van der Waals surface area contributed by atoms with E-state index >= 15 is 0 Å². The van der Waals surface area contributed by atoms with Gasteiger partial charge in [0.05, 0.1) is 0 Å². The number of benzene rings is 1. The van der Waals surface area contributed by atoms with Gasteiger partial charge in [-0.25, -0.2) is 0 Å². The lowest BCUT2D eigenvalue weighted by Gasteiger charge is -2.02. The van der Waals surface area contributed by atoms with E-state index in [0.29, 0.717) is 5.56 Å². The van der Waals surface area contributed by atoms with Crippen molar-refractivity contribution in [2.45, 2.75) is 20.3 Å². The molecule has 2 N–H and O–H groups in total. The van der Waals surface area contributed by atoms with Crippen LogP contribution in [-0.4, -0.2) is 11.7 Å². The van der Waals surface area contributed by atoms with Crippen molar-refractivity contribution >= 4 is 17.8 Å². The Morgan fingerprint density at radius 3 is 2.62 bits per heavy atom. The highest BCUT2D eigenvalue weighted by atomic mass is 16.1. The second-order valence-corrected chi connectivity index (χ2v) is 3.70. The number of carbonyl (C=O) groups excluding carboxylic acids is 2. The molecule has 0 aromatic heterocycles. The van der Waals surface area contributed by atoms with E-state index < -0.39 is 0 Å². The predicted molar refractivity (Wildman–Crippen MR) is 64.0 cm³/mol. The Morgan fingerprint density at radius 2 is 2.06 bits per heavy atom. The standard InChI is InChI=1S/C13H15NO2/c1-9-6-7-12(10(2)15)8-11(9)4-3-5-13(14)16/h3-4,6-8H,5H2,1-2H3,(H2,14,16). The molecule has 0 saturated carbocycles. The molecular weight excluding hydrogens is 202 g/mol.